The molecule has 0 bridgehead atoms. The van der Waals surface area contributed by atoms with E-state index in [0.29, 0.717) is 16.7 Å². The average Bonchev–Trinajstić information content (AvgIpc) is 0.762. The largest absolute Gasteiger partial charge is 0.467 e. The summed E-state index contributed by atoms with van der Waals surface area (Å²) in [5.74, 6) is -4.72. The fourth-order valence-electron chi connectivity index (χ4n) is 11.0. The molecule has 25 nitrogen and oxygen atoms in total. The van der Waals surface area contributed by atoms with Crippen LogP contribution in [0.4, 0.5) is 0 Å². The van der Waals surface area contributed by atoms with Crippen molar-refractivity contribution in [3.8, 4) is 0 Å². The molecule has 98 heavy (non-hydrogen) atoms. The third-order valence-corrected chi connectivity index (χ3v) is 16.3. The van der Waals surface area contributed by atoms with Crippen molar-refractivity contribution >= 4 is 64.6 Å². The van der Waals surface area contributed by atoms with Crippen LogP contribution in [0.2, 0.25) is 0 Å². The van der Waals surface area contributed by atoms with E-state index in [2.05, 4.69) is 20.1 Å². The molecule has 3 saturated heterocycles. The van der Waals surface area contributed by atoms with Crippen molar-refractivity contribution in [2.75, 3.05) is 20.3 Å². The highest BCUT2D eigenvalue weighted by molar-refractivity contribution is 6.76. The number of carbonyl (C=O) groups is 4. The predicted octanol–water partition coefficient (Wildman–Crippen LogP) is 12.1. The van der Waals surface area contributed by atoms with Gasteiger partial charge in [-0.1, -0.05) is 221 Å². The lowest BCUT2D eigenvalue weighted by molar-refractivity contribution is -0.370. The Labute approximate surface area is 577 Å². The molecule has 15 atom stereocenters. The summed E-state index contributed by atoms with van der Waals surface area (Å²) in [4.78, 5) is 63.5. The Morgan fingerprint density at radius 3 is 1.23 bits per heavy atom. The first kappa shape index (κ1) is 71.8. The van der Waals surface area contributed by atoms with Crippen molar-refractivity contribution in [3.63, 3.8) is 0 Å². The molecule has 0 aliphatic carbocycles. The number of benzene rings is 7. The van der Waals surface area contributed by atoms with E-state index in [4.69, 9.17) is 107 Å². The van der Waals surface area contributed by atoms with Gasteiger partial charge in [-0.3, -0.25) is 5.41 Å². The molecule has 7 aromatic carbocycles. The lowest BCUT2D eigenvalue weighted by Crippen LogP contribution is -2.68. The van der Waals surface area contributed by atoms with Crippen molar-refractivity contribution in [3.05, 3.63) is 272 Å². The van der Waals surface area contributed by atoms with E-state index in [-0.39, 0.29) is 43.1 Å². The van der Waals surface area contributed by atoms with Gasteiger partial charge in [0.05, 0.1) is 50.2 Å². The Morgan fingerprint density at radius 2 is 0.806 bits per heavy atom. The number of ether oxygens (including phenoxy) is 14. The average molecular weight is 1400 g/mol. The zero-order valence-electron chi connectivity index (χ0n) is 52.3. The van der Waals surface area contributed by atoms with Crippen LogP contribution in [-0.2, 0) is 97.5 Å². The molecular formula is C70H66Cl3N7O18. The first-order valence-electron chi connectivity index (χ1n) is 30.8. The van der Waals surface area contributed by atoms with Crippen molar-refractivity contribution in [1.82, 2.24) is 0 Å². The van der Waals surface area contributed by atoms with Gasteiger partial charge in [-0.2, -0.15) is 0 Å². The quantitative estimate of drug-likeness (QED) is 0.00696. The summed E-state index contributed by atoms with van der Waals surface area (Å²) in [6, 6.07) is 56.5. The van der Waals surface area contributed by atoms with Crippen LogP contribution in [0.1, 0.15) is 53.3 Å². The number of halogens is 3. The molecule has 3 aliphatic heterocycles. The van der Waals surface area contributed by atoms with E-state index in [9.17, 15) is 30.2 Å². The highest BCUT2D eigenvalue weighted by Crippen LogP contribution is 2.40. The molecule has 28 heteroatoms. The number of nitrogens with one attached hydrogen (secondary N) is 1. The van der Waals surface area contributed by atoms with Gasteiger partial charge in [0.25, 0.3) is 3.79 Å². The maximum absolute atomic E-state index is 15.0. The number of alkyl halides is 3. The summed E-state index contributed by atoms with van der Waals surface area (Å²) in [7, 11) is 1.08. The third-order valence-electron chi connectivity index (χ3n) is 15.8. The summed E-state index contributed by atoms with van der Waals surface area (Å²) >= 11 is 18.4. The first-order valence-corrected chi connectivity index (χ1v) is 31.9. The summed E-state index contributed by atoms with van der Waals surface area (Å²) in [6.45, 7) is -1.83. The van der Waals surface area contributed by atoms with Gasteiger partial charge in [0.2, 0.25) is 12.2 Å². The fraction of sp³-hybridized carbons (Fsp3) is 0.329. The second kappa shape index (κ2) is 35.5. The molecule has 7 unspecified atom stereocenters. The maximum Gasteiger partial charge on any atom is 0.338 e. The van der Waals surface area contributed by atoms with Gasteiger partial charge in [-0.15, -0.1) is 0 Å². The number of hydrogen-bond donors (Lipinski definition) is 1. The van der Waals surface area contributed by atoms with Gasteiger partial charge >= 0.3 is 23.9 Å². The van der Waals surface area contributed by atoms with Crippen molar-refractivity contribution in [2.24, 2.45) is 10.2 Å². The molecular weight excluding hydrogens is 1330 g/mol. The minimum absolute atomic E-state index is 0.00329. The van der Waals surface area contributed by atoms with Crippen LogP contribution in [0.25, 0.3) is 20.9 Å². The molecule has 3 fully saturated rings. The van der Waals surface area contributed by atoms with E-state index in [1.165, 1.54) is 24.3 Å². The van der Waals surface area contributed by atoms with Crippen LogP contribution in [0.3, 0.4) is 0 Å². The van der Waals surface area contributed by atoms with Crippen LogP contribution in [0.5, 0.6) is 0 Å². The fourth-order valence-corrected chi connectivity index (χ4v) is 11.1. The summed E-state index contributed by atoms with van der Waals surface area (Å²) < 4.78 is 88.7. The SMILES string of the molecule is COC(=O)C1O[C@@H](O[C@H]2C(COC(=O)c3ccccc3)OC(OC(=N)C(Cl)(Cl)Cl)C(N=[N+]=[N-])[C@H]2OC(=O)c2ccccc2)C(OCc2ccccc2)[C@H](OCc2ccccc2)[C@H]1O[C@@H]1OC(COC(=O)c2ccccc2)[C@H](OCc2ccccc2)[C@H](OCc2ccccc2)C1N=[N+]=[N-]. The third kappa shape index (κ3) is 19.2. The van der Waals surface area contributed by atoms with Gasteiger partial charge in [0.1, 0.15) is 80.2 Å². The molecule has 1 N–H and O–H groups in total. The molecule has 3 heterocycles. The van der Waals surface area contributed by atoms with E-state index >= 15 is 0 Å². The molecule has 3 aliphatic rings. The Morgan fingerprint density at radius 1 is 0.439 bits per heavy atom. The summed E-state index contributed by atoms with van der Waals surface area (Å²) in [6.07, 6.45) is -21.8. The minimum Gasteiger partial charge on any atom is -0.467 e. The molecule has 0 spiro atoms. The molecule has 7 aromatic rings. The van der Waals surface area contributed by atoms with Gasteiger partial charge in [-0.25, -0.2) is 19.2 Å². The summed E-state index contributed by atoms with van der Waals surface area (Å²) in [5, 5.41) is 16.8. The minimum atomic E-state index is -2.54. The van der Waals surface area contributed by atoms with Crippen molar-refractivity contribution in [2.45, 2.75) is 122 Å². The monoisotopic (exact) mass is 1400 g/mol. The second-order valence-corrected chi connectivity index (χ2v) is 24.6. The second-order valence-electron chi connectivity index (χ2n) is 22.3. The molecule has 10 rings (SSSR count). The number of hydrogen-bond acceptors (Lipinski definition) is 21. The van der Waals surface area contributed by atoms with Gasteiger partial charge in [0.15, 0.2) is 18.7 Å². The Balaban J connectivity index is 1.10. The zero-order chi connectivity index (χ0) is 68.8. The number of esters is 4. The molecule has 0 saturated carbocycles. The van der Waals surface area contributed by atoms with Gasteiger partial charge < -0.3 is 66.3 Å². The van der Waals surface area contributed by atoms with Gasteiger partial charge in [-0.05, 0) is 69.7 Å². The number of nitrogens with zero attached hydrogens (tertiary/aromatic N) is 6. The highest BCUT2D eigenvalue weighted by Gasteiger charge is 2.59. The number of rotatable bonds is 28. The van der Waals surface area contributed by atoms with E-state index in [1.807, 2.05) is 60.7 Å². The highest BCUT2D eigenvalue weighted by atomic mass is 35.6. The Hall–Kier alpha value is -8.98. The Bertz CT molecular complexity index is 3820. The standard InChI is InChI=1S/C70H66Cl3N7O18/c1-85-65(84)60-59(96-66-52(77-79-75)56(87-38-44-25-11-3-12-26-44)54(86-37-43-23-9-2-10-24-43)50(92-66)41-90-62(81)47-31-17-6-18-32-47)58(88-39-45-27-13-4-14-28-45)61(89-40-46-29-15-5-16-30-46)68(97-60)95-55-51(42-91-63(82)48-33-19-7-20-34-48)93-67(98-69(74)70(71,72)73)53(78-80-76)57(55)94-64(83)49-35-21-8-22-36-49/h2-36,50-61,66-68,74H,37-42H2,1H3/t50?,51?,52?,53?,54-,55-,56+,57+,58+,59+,60?,61?,66-,67?,68+/m0/s1. The molecule has 0 radical (unpaired) electrons. The number of methoxy groups -OCH3 is 1. The van der Waals surface area contributed by atoms with E-state index < -0.39 is 139 Å². The topological polar surface area (TPSA) is 319 Å². The van der Waals surface area contributed by atoms with Crippen LogP contribution in [0, 0.1) is 5.41 Å². The molecule has 0 amide bonds. The first-order chi connectivity index (χ1) is 47.7. The van der Waals surface area contributed by atoms with Crippen LogP contribution >= 0.6 is 34.8 Å². The lowest BCUT2D eigenvalue weighted by atomic mass is 9.94. The summed E-state index contributed by atoms with van der Waals surface area (Å²) in [5.41, 5.74) is 23.9. The Kier molecular flexibility index (Phi) is 26.0. The van der Waals surface area contributed by atoms with E-state index in [1.54, 1.807) is 127 Å². The smallest absolute Gasteiger partial charge is 0.338 e. The van der Waals surface area contributed by atoms with E-state index in [0.717, 1.165) is 12.7 Å². The normalized spacial score (nSPS) is 25.2. The van der Waals surface area contributed by atoms with Crippen LogP contribution in [0.15, 0.2) is 223 Å². The number of azide groups is 2. The van der Waals surface area contributed by atoms with Crippen molar-refractivity contribution < 1.29 is 85.5 Å². The lowest BCUT2D eigenvalue weighted by Gasteiger charge is -2.50. The van der Waals surface area contributed by atoms with Gasteiger partial charge in [0, 0.05) is 9.82 Å². The number of carbonyl (C=O) groups excluding carboxylic acids is 4. The van der Waals surface area contributed by atoms with Crippen molar-refractivity contribution in [1.29, 1.82) is 5.41 Å². The molecule has 0 aromatic heterocycles. The van der Waals surface area contributed by atoms with Crippen LogP contribution < -0.4 is 0 Å². The van der Waals surface area contributed by atoms with Crippen LogP contribution in [-0.4, -0.2) is 146 Å². The zero-order valence-corrected chi connectivity index (χ0v) is 54.5. The maximum atomic E-state index is 15.0. The molecule has 510 valence electrons. The predicted molar refractivity (Wildman–Crippen MR) is 352 cm³/mol.